The number of rotatable bonds is 7. The number of piperazine rings is 1. The van der Waals surface area contributed by atoms with Crippen LogP contribution in [0, 0.1) is 0 Å². The van der Waals surface area contributed by atoms with Crippen LogP contribution in [0.5, 0.6) is 0 Å². The summed E-state index contributed by atoms with van der Waals surface area (Å²) in [4.78, 5) is 31.5. The lowest BCUT2D eigenvalue weighted by atomic mass is 10.2. The number of guanidine groups is 1. The molecule has 1 amide bonds. The summed E-state index contributed by atoms with van der Waals surface area (Å²) in [6.45, 7) is 9.47. The molecule has 2 fully saturated rings. The van der Waals surface area contributed by atoms with Gasteiger partial charge in [0.05, 0.1) is 0 Å². The van der Waals surface area contributed by atoms with Gasteiger partial charge in [-0.3, -0.25) is 14.7 Å². The Hall–Kier alpha value is -2.42. The van der Waals surface area contributed by atoms with Gasteiger partial charge in [0.25, 0.3) is 0 Å². The normalized spacial score (nSPS) is 20.8. The van der Waals surface area contributed by atoms with Gasteiger partial charge in [-0.1, -0.05) is 6.92 Å². The third-order valence-corrected chi connectivity index (χ3v) is 5.56. The first-order valence-corrected chi connectivity index (χ1v) is 10.7. The number of carbonyl (C=O) groups is 1. The summed E-state index contributed by atoms with van der Waals surface area (Å²) in [6.07, 6.45) is 6.21. The van der Waals surface area contributed by atoms with Crippen molar-refractivity contribution >= 4 is 17.8 Å². The van der Waals surface area contributed by atoms with E-state index in [9.17, 15) is 4.79 Å². The average Bonchev–Trinajstić information content (AvgIpc) is 3.25. The predicted molar refractivity (Wildman–Crippen MR) is 115 cm³/mol. The Bertz CT molecular complexity index is 660. The Morgan fingerprint density at radius 1 is 1.21 bits per heavy atom. The first-order valence-electron chi connectivity index (χ1n) is 10.7. The largest absolute Gasteiger partial charge is 0.356 e. The van der Waals surface area contributed by atoms with Gasteiger partial charge in [-0.2, -0.15) is 0 Å². The monoisotopic (exact) mass is 402 g/mol. The first kappa shape index (κ1) is 21.3. The number of hydrogen-bond acceptors (Lipinski definition) is 6. The molecule has 2 saturated heterocycles. The van der Waals surface area contributed by atoms with E-state index in [1.165, 1.54) is 0 Å². The molecule has 0 aromatic carbocycles. The molecule has 2 aliphatic rings. The van der Waals surface area contributed by atoms with Crippen molar-refractivity contribution in [2.45, 2.75) is 32.2 Å². The van der Waals surface area contributed by atoms with Gasteiger partial charge in [0, 0.05) is 77.7 Å². The van der Waals surface area contributed by atoms with Crippen molar-refractivity contribution in [1.29, 1.82) is 0 Å². The van der Waals surface area contributed by atoms with E-state index in [-0.39, 0.29) is 11.9 Å². The Morgan fingerprint density at radius 2 is 1.97 bits per heavy atom. The summed E-state index contributed by atoms with van der Waals surface area (Å²) < 4.78 is 0. The van der Waals surface area contributed by atoms with E-state index in [1.807, 2.05) is 17.9 Å². The molecule has 9 nitrogen and oxygen atoms in total. The maximum Gasteiger partial charge on any atom is 0.225 e. The fraction of sp³-hybridized carbons (Fsp3) is 0.700. The number of nitrogens with one attached hydrogen (secondary N) is 2. The number of anilines is 1. The standard InChI is InChI=1S/C20H34N8O/c1-3-18(29)28-11-6-17(16-28)25-19(21-2)22-9-5-10-26-12-14-27(15-13-26)20-23-7-4-8-24-20/h4,7-8,17H,3,5-6,9-16H2,1-2H3,(H2,21,22,25). The van der Waals surface area contributed by atoms with E-state index in [0.717, 1.165) is 77.1 Å². The second-order valence-corrected chi connectivity index (χ2v) is 7.55. The number of likely N-dealkylation sites (tertiary alicyclic amines) is 1. The van der Waals surface area contributed by atoms with Gasteiger partial charge >= 0.3 is 0 Å². The second-order valence-electron chi connectivity index (χ2n) is 7.55. The fourth-order valence-corrected chi connectivity index (χ4v) is 3.85. The van der Waals surface area contributed by atoms with Gasteiger partial charge in [-0.05, 0) is 25.5 Å². The Labute approximate surface area is 173 Å². The molecule has 0 spiro atoms. The van der Waals surface area contributed by atoms with Crippen LogP contribution in [0.2, 0.25) is 0 Å². The Kier molecular flexibility index (Phi) is 8.03. The SMILES string of the molecule is CCC(=O)N1CCC(NC(=NC)NCCCN2CCN(c3ncccn3)CC2)C1. The van der Waals surface area contributed by atoms with Crippen molar-refractivity contribution in [1.82, 2.24) is 30.4 Å². The highest BCUT2D eigenvalue weighted by Gasteiger charge is 2.25. The minimum atomic E-state index is 0.233. The minimum Gasteiger partial charge on any atom is -0.356 e. The van der Waals surface area contributed by atoms with E-state index in [4.69, 9.17) is 0 Å². The summed E-state index contributed by atoms with van der Waals surface area (Å²) in [6, 6.07) is 2.13. The lowest BCUT2D eigenvalue weighted by molar-refractivity contribution is -0.129. The molecular formula is C20H34N8O. The number of aliphatic imine (C=N–C) groups is 1. The molecule has 29 heavy (non-hydrogen) atoms. The van der Waals surface area contributed by atoms with Crippen LogP contribution in [0.25, 0.3) is 0 Å². The van der Waals surface area contributed by atoms with Gasteiger partial charge in [-0.25, -0.2) is 9.97 Å². The van der Waals surface area contributed by atoms with Crippen molar-refractivity contribution in [3.05, 3.63) is 18.5 Å². The topological polar surface area (TPSA) is 89.0 Å². The van der Waals surface area contributed by atoms with E-state index >= 15 is 0 Å². The molecule has 0 bridgehead atoms. The van der Waals surface area contributed by atoms with Crippen LogP contribution in [0.1, 0.15) is 26.2 Å². The summed E-state index contributed by atoms with van der Waals surface area (Å²) >= 11 is 0. The minimum absolute atomic E-state index is 0.233. The van der Waals surface area contributed by atoms with Crippen molar-refractivity contribution in [2.24, 2.45) is 4.99 Å². The molecule has 9 heteroatoms. The molecule has 1 unspecified atom stereocenters. The molecule has 1 aromatic rings. The third kappa shape index (κ3) is 6.28. The molecular weight excluding hydrogens is 368 g/mol. The molecule has 2 aliphatic heterocycles. The van der Waals surface area contributed by atoms with Crippen LogP contribution in [0.3, 0.4) is 0 Å². The lowest BCUT2D eigenvalue weighted by Crippen LogP contribution is -2.48. The fourth-order valence-electron chi connectivity index (χ4n) is 3.85. The second kappa shape index (κ2) is 10.9. The molecule has 3 rings (SSSR count). The van der Waals surface area contributed by atoms with Crippen LogP contribution >= 0.6 is 0 Å². The van der Waals surface area contributed by atoms with Crippen molar-refractivity contribution in [3.8, 4) is 0 Å². The summed E-state index contributed by atoms with van der Waals surface area (Å²) in [5.41, 5.74) is 0. The predicted octanol–water partition coefficient (Wildman–Crippen LogP) is 0.165. The summed E-state index contributed by atoms with van der Waals surface area (Å²) in [7, 11) is 1.80. The lowest BCUT2D eigenvalue weighted by Gasteiger charge is -2.34. The van der Waals surface area contributed by atoms with Crippen LogP contribution < -0.4 is 15.5 Å². The van der Waals surface area contributed by atoms with E-state index in [2.05, 4.69) is 35.4 Å². The maximum atomic E-state index is 11.8. The Morgan fingerprint density at radius 3 is 2.66 bits per heavy atom. The molecule has 0 radical (unpaired) electrons. The van der Waals surface area contributed by atoms with Gasteiger partial charge in [-0.15, -0.1) is 0 Å². The zero-order valence-electron chi connectivity index (χ0n) is 17.7. The average molecular weight is 403 g/mol. The molecule has 1 aromatic heterocycles. The number of hydrogen-bond donors (Lipinski definition) is 2. The van der Waals surface area contributed by atoms with Crippen molar-refractivity contribution in [3.63, 3.8) is 0 Å². The molecule has 3 heterocycles. The van der Waals surface area contributed by atoms with Crippen LogP contribution in [-0.2, 0) is 4.79 Å². The molecule has 160 valence electrons. The summed E-state index contributed by atoms with van der Waals surface area (Å²) in [5.74, 6) is 1.89. The smallest absolute Gasteiger partial charge is 0.225 e. The summed E-state index contributed by atoms with van der Waals surface area (Å²) in [5, 5.41) is 6.85. The third-order valence-electron chi connectivity index (χ3n) is 5.56. The number of carbonyl (C=O) groups excluding carboxylic acids is 1. The van der Waals surface area contributed by atoms with Crippen LogP contribution in [-0.4, -0.2) is 97.1 Å². The highest BCUT2D eigenvalue weighted by molar-refractivity contribution is 5.80. The molecule has 1 atom stereocenters. The van der Waals surface area contributed by atoms with E-state index < -0.39 is 0 Å². The van der Waals surface area contributed by atoms with E-state index in [1.54, 1.807) is 19.4 Å². The van der Waals surface area contributed by atoms with Gasteiger partial charge in [0.1, 0.15) is 0 Å². The number of amides is 1. The van der Waals surface area contributed by atoms with Gasteiger partial charge < -0.3 is 20.4 Å². The van der Waals surface area contributed by atoms with Gasteiger partial charge in [0.15, 0.2) is 5.96 Å². The molecule has 0 saturated carbocycles. The van der Waals surface area contributed by atoms with Crippen molar-refractivity contribution in [2.75, 3.05) is 64.3 Å². The maximum absolute atomic E-state index is 11.8. The molecule has 0 aliphatic carbocycles. The Balaban J connectivity index is 1.29. The van der Waals surface area contributed by atoms with Crippen LogP contribution in [0.4, 0.5) is 5.95 Å². The number of aromatic nitrogens is 2. The number of nitrogens with zero attached hydrogens (tertiary/aromatic N) is 6. The van der Waals surface area contributed by atoms with Gasteiger partial charge in [0.2, 0.25) is 11.9 Å². The highest BCUT2D eigenvalue weighted by atomic mass is 16.2. The van der Waals surface area contributed by atoms with E-state index in [0.29, 0.717) is 6.42 Å². The van der Waals surface area contributed by atoms with Crippen molar-refractivity contribution < 1.29 is 4.79 Å². The quantitative estimate of drug-likeness (QED) is 0.382. The highest BCUT2D eigenvalue weighted by Crippen LogP contribution is 2.11. The zero-order chi connectivity index (χ0) is 20.5. The molecule has 2 N–H and O–H groups in total. The van der Waals surface area contributed by atoms with Crippen LogP contribution in [0.15, 0.2) is 23.5 Å². The first-order chi connectivity index (χ1) is 14.2. The zero-order valence-corrected chi connectivity index (χ0v) is 17.7.